The predicted molar refractivity (Wildman–Crippen MR) is 285 cm³/mol. The lowest BCUT2D eigenvalue weighted by atomic mass is 9.79. The van der Waals surface area contributed by atoms with Crippen molar-refractivity contribution in [3.05, 3.63) is 254 Å². The number of allylic oxidation sites excluding steroid dienone is 4. The van der Waals surface area contributed by atoms with Gasteiger partial charge in [0.1, 0.15) is 11.5 Å². The molecule has 9 aromatic carbocycles. The van der Waals surface area contributed by atoms with Crippen LogP contribution in [0.2, 0.25) is 0 Å². The Balaban J connectivity index is 1.19. The van der Waals surface area contributed by atoms with Gasteiger partial charge in [0.25, 0.3) is 0 Å². The smallest absolute Gasteiger partial charge is 0.166 e. The zero-order valence-corrected chi connectivity index (χ0v) is 37.8. The van der Waals surface area contributed by atoms with Crippen LogP contribution in [0, 0.1) is 0 Å². The van der Waals surface area contributed by atoms with E-state index in [1.807, 2.05) is 36.4 Å². The first-order valence-corrected chi connectivity index (χ1v) is 23.2. The minimum absolute atomic E-state index is 0.463. The summed E-state index contributed by atoms with van der Waals surface area (Å²) >= 11 is 0. The fourth-order valence-electron chi connectivity index (χ4n) is 10.7. The molecular formula is C63H43N5O. The van der Waals surface area contributed by atoms with Crippen LogP contribution in [0.4, 0.5) is 0 Å². The molecule has 3 aromatic heterocycles. The highest BCUT2D eigenvalue weighted by molar-refractivity contribution is 6.17. The van der Waals surface area contributed by atoms with Gasteiger partial charge in [-0.3, -0.25) is 0 Å². The van der Waals surface area contributed by atoms with Crippen LogP contribution in [-0.2, 0) is 10.3 Å². The summed E-state index contributed by atoms with van der Waals surface area (Å²) in [6, 6.07) is 70.7. The van der Waals surface area contributed by atoms with Crippen LogP contribution in [0.15, 0.2) is 237 Å². The Hall–Kier alpha value is -9.13. The summed E-state index contributed by atoms with van der Waals surface area (Å²) in [5.41, 5.74) is 8.65. The summed E-state index contributed by atoms with van der Waals surface area (Å²) in [6.07, 6.45) is 6.01. The molecule has 4 heterocycles. The van der Waals surface area contributed by atoms with Gasteiger partial charge in [0.2, 0.25) is 0 Å². The van der Waals surface area contributed by atoms with Crippen molar-refractivity contribution in [1.82, 2.24) is 24.1 Å². The quantitative estimate of drug-likeness (QED) is 0.173. The van der Waals surface area contributed by atoms with Crippen LogP contribution in [0.25, 0.3) is 105 Å². The first kappa shape index (κ1) is 40.2. The Morgan fingerprint density at radius 3 is 1.74 bits per heavy atom. The van der Waals surface area contributed by atoms with E-state index < -0.39 is 5.54 Å². The summed E-state index contributed by atoms with van der Waals surface area (Å²) in [5.74, 6) is 2.59. The zero-order chi connectivity index (χ0) is 46.2. The van der Waals surface area contributed by atoms with Crippen molar-refractivity contribution in [2.75, 3.05) is 0 Å². The molecule has 0 bridgehead atoms. The number of aromatic nitrogens is 5. The molecule has 0 spiro atoms. The van der Waals surface area contributed by atoms with Gasteiger partial charge in [0.15, 0.2) is 17.5 Å². The van der Waals surface area contributed by atoms with Crippen molar-refractivity contribution in [1.29, 1.82) is 0 Å². The number of fused-ring (bicyclic) bond motifs is 9. The van der Waals surface area contributed by atoms with Crippen molar-refractivity contribution in [3.63, 3.8) is 0 Å². The lowest BCUT2D eigenvalue weighted by Crippen LogP contribution is -2.35. The van der Waals surface area contributed by atoms with Gasteiger partial charge in [-0.15, -0.1) is 0 Å². The SMILES string of the molecule is C=C1/C=C\C=C(\c2nc(-c3ccccc3)nc(-c3cccc4c5ccccc5n(-c5ccccc5)c34)n2)C(C)(n2c3cc4ccccc4cc3c3cc4ccccc4cc32)c2ccccc2C(=C)O1. The molecule has 1 aliphatic heterocycles. The summed E-state index contributed by atoms with van der Waals surface area (Å²) in [5, 5.41) is 9.16. The Morgan fingerprint density at radius 2 is 1.03 bits per heavy atom. The average molecular weight is 886 g/mol. The molecule has 6 heteroatoms. The number of hydrogen-bond donors (Lipinski definition) is 0. The number of benzene rings is 9. The van der Waals surface area contributed by atoms with Gasteiger partial charge < -0.3 is 13.9 Å². The summed E-state index contributed by atoms with van der Waals surface area (Å²) in [6.45, 7) is 11.1. The summed E-state index contributed by atoms with van der Waals surface area (Å²) in [7, 11) is 0. The number of ether oxygens (including phenoxy) is 1. The number of nitrogens with zero attached hydrogens (tertiary/aromatic N) is 5. The van der Waals surface area contributed by atoms with Crippen LogP contribution in [0.5, 0.6) is 0 Å². The van der Waals surface area contributed by atoms with E-state index in [9.17, 15) is 0 Å². The summed E-state index contributed by atoms with van der Waals surface area (Å²) < 4.78 is 11.2. The molecule has 0 saturated heterocycles. The monoisotopic (exact) mass is 885 g/mol. The molecule has 0 saturated carbocycles. The Morgan fingerprint density at radius 1 is 0.478 bits per heavy atom. The lowest BCUT2D eigenvalue weighted by molar-refractivity contribution is 0.401. The highest BCUT2D eigenvalue weighted by Gasteiger charge is 2.41. The van der Waals surface area contributed by atoms with Gasteiger partial charge in [-0.2, -0.15) is 0 Å². The second-order valence-corrected chi connectivity index (χ2v) is 17.9. The predicted octanol–water partition coefficient (Wildman–Crippen LogP) is 15.6. The summed E-state index contributed by atoms with van der Waals surface area (Å²) in [4.78, 5) is 16.6. The topological polar surface area (TPSA) is 57.8 Å². The van der Waals surface area contributed by atoms with Crippen molar-refractivity contribution >= 4 is 76.5 Å². The third-order valence-electron chi connectivity index (χ3n) is 13.9. The van der Waals surface area contributed by atoms with Gasteiger partial charge in [0, 0.05) is 49.5 Å². The molecule has 0 fully saturated rings. The standard InChI is InChI=1S/C63H43N5O/c1-40-20-18-34-55(62-65-60(42-21-6-4-7-22-42)64-61(66-62)51-32-19-31-50-49-30-15-17-35-56(49)67(59(50)51)47-27-8-5-9-28-47)63(3,54-33-16-14-29-48(54)41(2)69-40)68-57-38-45-25-12-10-23-43(45)36-52(57)53-37-44-24-11-13-26-46(44)39-58(53)68/h4-39H,1-2H2,3H3/b20-18-,55-34-. The highest BCUT2D eigenvalue weighted by atomic mass is 16.5. The van der Waals surface area contributed by atoms with E-state index in [-0.39, 0.29) is 0 Å². The van der Waals surface area contributed by atoms with E-state index >= 15 is 0 Å². The van der Waals surface area contributed by atoms with E-state index in [0.717, 1.165) is 87.9 Å². The maximum Gasteiger partial charge on any atom is 0.166 e. The fraction of sp³-hybridized carbons (Fsp3) is 0.0317. The zero-order valence-electron chi connectivity index (χ0n) is 37.8. The number of hydrogen-bond acceptors (Lipinski definition) is 4. The van der Waals surface area contributed by atoms with Crippen LogP contribution in [-0.4, -0.2) is 24.1 Å². The largest absolute Gasteiger partial charge is 0.458 e. The maximum atomic E-state index is 6.40. The second-order valence-electron chi connectivity index (χ2n) is 17.9. The third-order valence-corrected chi connectivity index (χ3v) is 13.9. The molecule has 326 valence electrons. The van der Waals surface area contributed by atoms with E-state index in [1.54, 1.807) is 0 Å². The second kappa shape index (κ2) is 15.8. The molecule has 6 nitrogen and oxygen atoms in total. The van der Waals surface area contributed by atoms with Gasteiger partial charge >= 0.3 is 0 Å². The van der Waals surface area contributed by atoms with Gasteiger partial charge in [0.05, 0.1) is 27.6 Å². The molecule has 0 N–H and O–H groups in total. The molecule has 1 atom stereocenters. The molecule has 1 aliphatic rings. The van der Waals surface area contributed by atoms with Crippen LogP contribution < -0.4 is 0 Å². The molecule has 69 heavy (non-hydrogen) atoms. The normalized spacial score (nSPS) is 16.5. The highest BCUT2D eigenvalue weighted by Crippen LogP contribution is 2.49. The van der Waals surface area contributed by atoms with Crippen molar-refractivity contribution in [3.8, 4) is 28.5 Å². The van der Waals surface area contributed by atoms with Gasteiger partial charge in [-0.1, -0.05) is 177 Å². The maximum absolute atomic E-state index is 6.40. The minimum atomic E-state index is -1.03. The van der Waals surface area contributed by atoms with E-state index in [2.05, 4.69) is 211 Å². The minimum Gasteiger partial charge on any atom is -0.458 e. The Labute approximate surface area is 398 Å². The molecule has 0 amide bonds. The molecule has 12 aromatic rings. The first-order chi connectivity index (χ1) is 33.9. The fourth-order valence-corrected chi connectivity index (χ4v) is 10.7. The third kappa shape index (κ3) is 6.37. The molecule has 13 rings (SSSR count). The van der Waals surface area contributed by atoms with E-state index in [1.165, 1.54) is 10.8 Å². The Kier molecular flexibility index (Phi) is 9.17. The van der Waals surface area contributed by atoms with E-state index in [4.69, 9.17) is 19.7 Å². The average Bonchev–Trinajstić information content (AvgIpc) is 3.90. The van der Waals surface area contributed by atoms with Crippen LogP contribution in [0.3, 0.4) is 0 Å². The van der Waals surface area contributed by atoms with Gasteiger partial charge in [-0.05, 0) is 88.6 Å². The molecule has 0 radical (unpaired) electrons. The van der Waals surface area contributed by atoms with Crippen LogP contribution >= 0.6 is 0 Å². The number of rotatable bonds is 5. The number of para-hydroxylation sites is 3. The molecule has 0 aliphatic carbocycles. The molecular weight excluding hydrogens is 843 g/mol. The molecule has 1 unspecified atom stereocenters. The van der Waals surface area contributed by atoms with Crippen molar-refractivity contribution in [2.45, 2.75) is 12.5 Å². The van der Waals surface area contributed by atoms with Crippen LogP contribution in [0.1, 0.15) is 23.9 Å². The lowest BCUT2D eigenvalue weighted by Gasteiger charge is -2.38. The first-order valence-electron chi connectivity index (χ1n) is 23.2. The van der Waals surface area contributed by atoms with E-state index in [0.29, 0.717) is 29.0 Å². The van der Waals surface area contributed by atoms with Crippen molar-refractivity contribution in [2.24, 2.45) is 0 Å². The Bertz CT molecular complexity index is 4070. The van der Waals surface area contributed by atoms with Crippen molar-refractivity contribution < 1.29 is 4.74 Å². The van der Waals surface area contributed by atoms with Gasteiger partial charge in [-0.25, -0.2) is 15.0 Å².